The van der Waals surface area contributed by atoms with E-state index in [1.54, 1.807) is 21.3 Å². The van der Waals surface area contributed by atoms with Gasteiger partial charge in [-0.25, -0.2) is 9.97 Å². The quantitative estimate of drug-likeness (QED) is 0.360. The van der Waals surface area contributed by atoms with Gasteiger partial charge in [-0.15, -0.1) is 0 Å². The van der Waals surface area contributed by atoms with Gasteiger partial charge in [0.15, 0.2) is 11.5 Å². The first-order valence-corrected chi connectivity index (χ1v) is 11.4. The summed E-state index contributed by atoms with van der Waals surface area (Å²) in [6.07, 6.45) is 3.74. The number of aryl methyl sites for hydroxylation is 2. The molecule has 1 aliphatic rings. The highest BCUT2D eigenvalue weighted by Gasteiger charge is 2.20. The van der Waals surface area contributed by atoms with Crippen LogP contribution >= 0.6 is 0 Å². The van der Waals surface area contributed by atoms with E-state index in [1.807, 2.05) is 42.6 Å². The van der Waals surface area contributed by atoms with Gasteiger partial charge in [0.1, 0.15) is 12.4 Å². The lowest BCUT2D eigenvalue weighted by molar-refractivity contribution is 0.306. The van der Waals surface area contributed by atoms with Gasteiger partial charge in [-0.1, -0.05) is 36.4 Å². The lowest BCUT2D eigenvalue weighted by atomic mass is 9.90. The minimum atomic E-state index is 0.487. The molecule has 1 N–H and O–H groups in total. The van der Waals surface area contributed by atoms with Crippen molar-refractivity contribution in [3.63, 3.8) is 0 Å². The third-order valence-electron chi connectivity index (χ3n) is 6.03. The molecule has 35 heavy (non-hydrogen) atoms. The van der Waals surface area contributed by atoms with Crippen molar-refractivity contribution >= 4 is 11.6 Å². The van der Waals surface area contributed by atoms with Crippen LogP contribution in [0.25, 0.3) is 11.3 Å². The topological polar surface area (TPSA) is 74.7 Å². The predicted octanol–water partition coefficient (Wildman–Crippen LogP) is 5.59. The first-order valence-electron chi connectivity index (χ1n) is 11.4. The molecular weight excluding hydrogens is 442 g/mol. The standard InChI is InChI=1S/C28H27N3O4/c1-32-24-13-21(14-25(33-2)27(24)34-3)30-28-29-16-20-10-9-19-11-12-22(15-23(19)26(20)31-28)35-17-18-7-5-4-6-8-18/h4-8,11-16H,9-10,17H2,1-3H3,(H,29,30,31). The average Bonchev–Trinajstić information content (AvgIpc) is 2.91. The average molecular weight is 470 g/mol. The molecule has 178 valence electrons. The Morgan fingerprint density at radius 3 is 2.29 bits per heavy atom. The van der Waals surface area contributed by atoms with Gasteiger partial charge in [0.05, 0.1) is 27.0 Å². The van der Waals surface area contributed by atoms with E-state index in [0.717, 1.165) is 46.7 Å². The van der Waals surface area contributed by atoms with E-state index in [9.17, 15) is 0 Å². The number of aromatic nitrogens is 2. The first kappa shape index (κ1) is 22.5. The molecule has 7 nitrogen and oxygen atoms in total. The summed E-state index contributed by atoms with van der Waals surface area (Å²) in [6.45, 7) is 0.518. The number of benzene rings is 3. The van der Waals surface area contributed by atoms with Gasteiger partial charge in [-0.3, -0.25) is 0 Å². The normalized spacial score (nSPS) is 11.7. The van der Waals surface area contributed by atoms with E-state index in [4.69, 9.17) is 23.9 Å². The highest BCUT2D eigenvalue weighted by Crippen LogP contribution is 2.41. The highest BCUT2D eigenvalue weighted by molar-refractivity contribution is 5.73. The predicted molar refractivity (Wildman–Crippen MR) is 135 cm³/mol. The largest absolute Gasteiger partial charge is 0.493 e. The number of rotatable bonds is 8. The summed E-state index contributed by atoms with van der Waals surface area (Å²) in [7, 11) is 4.76. The lowest BCUT2D eigenvalue weighted by Crippen LogP contribution is -2.09. The summed E-state index contributed by atoms with van der Waals surface area (Å²) in [5, 5.41) is 3.28. The molecular formula is C28H27N3O4. The summed E-state index contributed by atoms with van der Waals surface area (Å²) in [4.78, 5) is 9.42. The van der Waals surface area contributed by atoms with Crippen LogP contribution in [0.5, 0.6) is 23.0 Å². The molecule has 0 atom stereocenters. The van der Waals surface area contributed by atoms with Crippen LogP contribution in [0, 0.1) is 0 Å². The van der Waals surface area contributed by atoms with Gasteiger partial charge in [0.2, 0.25) is 11.7 Å². The second kappa shape index (κ2) is 9.93. The third kappa shape index (κ3) is 4.71. The van der Waals surface area contributed by atoms with E-state index in [0.29, 0.717) is 29.8 Å². The minimum absolute atomic E-state index is 0.487. The molecule has 7 heteroatoms. The number of hydrogen-bond donors (Lipinski definition) is 1. The smallest absolute Gasteiger partial charge is 0.227 e. The molecule has 0 bridgehead atoms. The molecule has 1 aromatic heterocycles. The number of nitrogens with one attached hydrogen (secondary N) is 1. The molecule has 0 fully saturated rings. The highest BCUT2D eigenvalue weighted by atomic mass is 16.5. The fraction of sp³-hybridized carbons (Fsp3) is 0.214. The number of fused-ring (bicyclic) bond motifs is 3. The molecule has 0 aliphatic heterocycles. The molecule has 1 aliphatic carbocycles. The van der Waals surface area contributed by atoms with Crippen LogP contribution in [0.1, 0.15) is 16.7 Å². The molecule has 0 saturated heterocycles. The second-order valence-corrected chi connectivity index (χ2v) is 8.20. The zero-order chi connectivity index (χ0) is 24.2. The maximum atomic E-state index is 6.07. The maximum Gasteiger partial charge on any atom is 0.227 e. The Morgan fingerprint density at radius 1 is 0.829 bits per heavy atom. The fourth-order valence-electron chi connectivity index (χ4n) is 4.26. The van der Waals surface area contributed by atoms with Crippen LogP contribution < -0.4 is 24.3 Å². The van der Waals surface area contributed by atoms with E-state index in [2.05, 4.69) is 34.6 Å². The van der Waals surface area contributed by atoms with Gasteiger partial charge in [-0.05, 0) is 41.7 Å². The van der Waals surface area contributed by atoms with Crippen LogP contribution in [0.15, 0.2) is 66.9 Å². The molecule has 0 unspecified atom stereocenters. The second-order valence-electron chi connectivity index (χ2n) is 8.20. The Kier molecular flexibility index (Phi) is 6.39. The Bertz CT molecular complexity index is 1320. The molecule has 5 rings (SSSR count). The summed E-state index contributed by atoms with van der Waals surface area (Å²) < 4.78 is 22.4. The Hall–Kier alpha value is -4.26. The van der Waals surface area contributed by atoms with Crippen molar-refractivity contribution in [1.29, 1.82) is 0 Å². The summed E-state index contributed by atoms with van der Waals surface area (Å²) >= 11 is 0. The van der Waals surface area contributed by atoms with Crippen molar-refractivity contribution < 1.29 is 18.9 Å². The molecule has 4 aromatic rings. The number of ether oxygens (including phenoxy) is 4. The number of hydrogen-bond acceptors (Lipinski definition) is 7. The zero-order valence-corrected chi connectivity index (χ0v) is 20.0. The van der Waals surface area contributed by atoms with Crippen LogP contribution in [0.3, 0.4) is 0 Å². The Morgan fingerprint density at radius 2 is 1.57 bits per heavy atom. The van der Waals surface area contributed by atoms with Gasteiger partial charge in [0.25, 0.3) is 0 Å². The molecule has 0 spiro atoms. The van der Waals surface area contributed by atoms with Gasteiger partial charge >= 0.3 is 0 Å². The molecule has 3 aromatic carbocycles. The summed E-state index contributed by atoms with van der Waals surface area (Å²) in [5.41, 5.74) is 6.23. The maximum absolute atomic E-state index is 6.07. The Balaban J connectivity index is 1.43. The monoisotopic (exact) mass is 469 g/mol. The summed E-state index contributed by atoms with van der Waals surface area (Å²) in [6, 6.07) is 20.0. The molecule has 0 radical (unpaired) electrons. The lowest BCUT2D eigenvalue weighted by Gasteiger charge is -2.20. The number of anilines is 2. The van der Waals surface area contributed by atoms with Gasteiger partial charge in [-0.2, -0.15) is 0 Å². The number of nitrogens with zero attached hydrogens (tertiary/aromatic N) is 2. The fourth-order valence-corrected chi connectivity index (χ4v) is 4.26. The van der Waals surface area contributed by atoms with E-state index < -0.39 is 0 Å². The van der Waals surface area contributed by atoms with Crippen molar-refractivity contribution in [1.82, 2.24) is 9.97 Å². The van der Waals surface area contributed by atoms with Crippen molar-refractivity contribution in [2.24, 2.45) is 0 Å². The van der Waals surface area contributed by atoms with Crippen LogP contribution in [0.2, 0.25) is 0 Å². The minimum Gasteiger partial charge on any atom is -0.493 e. The van der Waals surface area contributed by atoms with Crippen LogP contribution in [-0.2, 0) is 19.4 Å². The van der Waals surface area contributed by atoms with E-state index in [1.165, 1.54) is 5.56 Å². The number of methoxy groups -OCH3 is 3. The van der Waals surface area contributed by atoms with Crippen molar-refractivity contribution in [2.45, 2.75) is 19.4 Å². The van der Waals surface area contributed by atoms with E-state index >= 15 is 0 Å². The Labute approximate surface area is 204 Å². The first-order chi connectivity index (χ1) is 17.2. The van der Waals surface area contributed by atoms with Crippen LogP contribution in [-0.4, -0.2) is 31.3 Å². The molecule has 0 amide bonds. The third-order valence-corrected chi connectivity index (χ3v) is 6.03. The van der Waals surface area contributed by atoms with E-state index in [-0.39, 0.29) is 0 Å². The van der Waals surface area contributed by atoms with Gasteiger partial charge in [0, 0.05) is 29.6 Å². The molecule has 0 saturated carbocycles. The molecule has 1 heterocycles. The van der Waals surface area contributed by atoms with Crippen molar-refractivity contribution in [3.8, 4) is 34.3 Å². The van der Waals surface area contributed by atoms with Crippen molar-refractivity contribution in [2.75, 3.05) is 26.6 Å². The van der Waals surface area contributed by atoms with Crippen LogP contribution in [0.4, 0.5) is 11.6 Å². The summed E-state index contributed by atoms with van der Waals surface area (Å²) in [5.74, 6) is 2.94. The SMILES string of the molecule is COc1cc(Nc2ncc3c(n2)-c2cc(OCc4ccccc4)ccc2CC3)cc(OC)c1OC. The van der Waals surface area contributed by atoms with Crippen molar-refractivity contribution in [3.05, 3.63) is 83.6 Å². The zero-order valence-electron chi connectivity index (χ0n) is 20.0. The van der Waals surface area contributed by atoms with Gasteiger partial charge < -0.3 is 24.3 Å².